The van der Waals surface area contributed by atoms with Crippen molar-refractivity contribution < 1.29 is 14.1 Å². The molecule has 140 valence electrons. The second kappa shape index (κ2) is 8.98. The van der Waals surface area contributed by atoms with Gasteiger partial charge in [0.05, 0.1) is 5.56 Å². The number of nitrogens with one attached hydrogen (secondary N) is 1. The molecular formula is C21H23N3O3. The van der Waals surface area contributed by atoms with Crippen LogP contribution in [0.25, 0.3) is 0 Å². The van der Waals surface area contributed by atoms with Crippen molar-refractivity contribution in [3.8, 4) is 5.75 Å². The first-order chi connectivity index (χ1) is 13.2. The van der Waals surface area contributed by atoms with Crippen molar-refractivity contribution in [2.75, 3.05) is 5.32 Å². The van der Waals surface area contributed by atoms with Crippen LogP contribution in [0.15, 0.2) is 53.1 Å². The predicted molar refractivity (Wildman–Crippen MR) is 103 cm³/mol. The van der Waals surface area contributed by atoms with E-state index >= 15 is 0 Å². The highest BCUT2D eigenvalue weighted by Gasteiger charge is 2.13. The zero-order chi connectivity index (χ0) is 19.1. The third kappa shape index (κ3) is 5.17. The number of benzene rings is 2. The number of anilines is 1. The number of unbranched alkanes of at least 4 members (excludes halogenated alkanes) is 1. The molecule has 2 aromatic carbocycles. The second-order valence-corrected chi connectivity index (χ2v) is 6.27. The molecule has 6 nitrogen and oxygen atoms in total. The Labute approximate surface area is 158 Å². The molecule has 0 fully saturated rings. The van der Waals surface area contributed by atoms with Gasteiger partial charge in [-0.05, 0) is 42.7 Å². The molecule has 3 aromatic rings. The van der Waals surface area contributed by atoms with Crippen molar-refractivity contribution in [2.24, 2.45) is 0 Å². The monoisotopic (exact) mass is 365 g/mol. The SMILES string of the molecule is CCCCc1ccc(NC(=O)c2ccccc2OCc2noc(C)n2)cc1. The van der Waals surface area contributed by atoms with E-state index in [1.54, 1.807) is 25.1 Å². The number of carbonyl (C=O) groups excluding carboxylic acids is 1. The van der Waals surface area contributed by atoms with E-state index < -0.39 is 0 Å². The van der Waals surface area contributed by atoms with Gasteiger partial charge in [-0.1, -0.05) is 42.8 Å². The zero-order valence-electron chi connectivity index (χ0n) is 15.6. The molecule has 1 N–H and O–H groups in total. The molecule has 1 amide bonds. The smallest absolute Gasteiger partial charge is 0.259 e. The summed E-state index contributed by atoms with van der Waals surface area (Å²) in [6.45, 7) is 4.02. The fraction of sp³-hybridized carbons (Fsp3) is 0.286. The maximum Gasteiger partial charge on any atom is 0.259 e. The van der Waals surface area contributed by atoms with Crippen molar-refractivity contribution >= 4 is 11.6 Å². The molecule has 1 heterocycles. The van der Waals surface area contributed by atoms with Crippen LogP contribution in [-0.2, 0) is 13.0 Å². The van der Waals surface area contributed by atoms with Crippen LogP contribution in [0.5, 0.6) is 5.75 Å². The number of rotatable bonds is 8. The zero-order valence-corrected chi connectivity index (χ0v) is 15.6. The van der Waals surface area contributed by atoms with Gasteiger partial charge in [0.25, 0.3) is 5.91 Å². The summed E-state index contributed by atoms with van der Waals surface area (Å²) in [6.07, 6.45) is 3.38. The Bertz CT molecular complexity index is 888. The first-order valence-corrected chi connectivity index (χ1v) is 9.07. The average molecular weight is 365 g/mol. The number of hydrogen-bond donors (Lipinski definition) is 1. The first-order valence-electron chi connectivity index (χ1n) is 9.07. The van der Waals surface area contributed by atoms with E-state index in [1.165, 1.54) is 12.0 Å². The Hall–Kier alpha value is -3.15. The Morgan fingerprint density at radius 3 is 2.63 bits per heavy atom. The minimum absolute atomic E-state index is 0.133. The third-order valence-corrected chi connectivity index (χ3v) is 4.09. The largest absolute Gasteiger partial charge is 0.485 e. The van der Waals surface area contributed by atoms with Crippen LogP contribution in [0.1, 0.15) is 47.4 Å². The van der Waals surface area contributed by atoms with Gasteiger partial charge in [-0.3, -0.25) is 4.79 Å². The summed E-state index contributed by atoms with van der Waals surface area (Å²) in [4.78, 5) is 16.8. The van der Waals surface area contributed by atoms with Crippen LogP contribution < -0.4 is 10.1 Å². The summed E-state index contributed by atoms with van der Waals surface area (Å²) in [5.41, 5.74) is 2.48. The predicted octanol–water partition coefficient (Wildman–Crippen LogP) is 4.55. The average Bonchev–Trinajstić information content (AvgIpc) is 3.11. The van der Waals surface area contributed by atoms with Gasteiger partial charge in [0.15, 0.2) is 6.61 Å². The van der Waals surface area contributed by atoms with Crippen molar-refractivity contribution in [3.63, 3.8) is 0 Å². The van der Waals surface area contributed by atoms with Gasteiger partial charge >= 0.3 is 0 Å². The number of aryl methyl sites for hydroxylation is 2. The van der Waals surface area contributed by atoms with E-state index in [9.17, 15) is 4.79 Å². The lowest BCUT2D eigenvalue weighted by molar-refractivity contribution is 0.102. The van der Waals surface area contributed by atoms with Crippen molar-refractivity contribution in [2.45, 2.75) is 39.7 Å². The maximum absolute atomic E-state index is 12.7. The fourth-order valence-corrected chi connectivity index (χ4v) is 2.66. The summed E-state index contributed by atoms with van der Waals surface area (Å²) in [7, 11) is 0. The highest BCUT2D eigenvalue weighted by molar-refractivity contribution is 6.06. The quantitative estimate of drug-likeness (QED) is 0.633. The Morgan fingerprint density at radius 2 is 1.93 bits per heavy atom. The Morgan fingerprint density at radius 1 is 1.15 bits per heavy atom. The molecule has 0 spiro atoms. The Kier molecular flexibility index (Phi) is 6.20. The summed E-state index contributed by atoms with van der Waals surface area (Å²) >= 11 is 0. The number of para-hydroxylation sites is 1. The normalized spacial score (nSPS) is 10.6. The molecule has 0 unspecified atom stereocenters. The molecule has 0 aliphatic rings. The van der Waals surface area contributed by atoms with Gasteiger partial charge in [0.2, 0.25) is 11.7 Å². The molecule has 0 radical (unpaired) electrons. The van der Waals surface area contributed by atoms with Gasteiger partial charge in [0.1, 0.15) is 5.75 Å². The highest BCUT2D eigenvalue weighted by atomic mass is 16.5. The van der Waals surface area contributed by atoms with E-state index in [0.29, 0.717) is 23.0 Å². The van der Waals surface area contributed by atoms with Crippen LogP contribution in [-0.4, -0.2) is 16.0 Å². The van der Waals surface area contributed by atoms with Crippen LogP contribution in [0.3, 0.4) is 0 Å². The third-order valence-electron chi connectivity index (χ3n) is 4.09. The molecule has 0 saturated carbocycles. The summed E-state index contributed by atoms with van der Waals surface area (Å²) < 4.78 is 10.6. The molecule has 1 aromatic heterocycles. The summed E-state index contributed by atoms with van der Waals surface area (Å²) in [6, 6.07) is 15.0. The molecule has 0 bridgehead atoms. The second-order valence-electron chi connectivity index (χ2n) is 6.27. The van der Waals surface area contributed by atoms with E-state index in [1.807, 2.05) is 30.3 Å². The topological polar surface area (TPSA) is 77.2 Å². The highest BCUT2D eigenvalue weighted by Crippen LogP contribution is 2.21. The molecule has 0 saturated heterocycles. The Balaban J connectivity index is 1.65. The molecule has 0 aliphatic heterocycles. The maximum atomic E-state index is 12.7. The van der Waals surface area contributed by atoms with Crippen LogP contribution in [0.2, 0.25) is 0 Å². The van der Waals surface area contributed by atoms with E-state index in [0.717, 1.165) is 18.5 Å². The van der Waals surface area contributed by atoms with Gasteiger partial charge in [-0.2, -0.15) is 4.98 Å². The van der Waals surface area contributed by atoms with Crippen LogP contribution in [0, 0.1) is 6.92 Å². The van der Waals surface area contributed by atoms with E-state index in [4.69, 9.17) is 9.26 Å². The van der Waals surface area contributed by atoms with Crippen molar-refractivity contribution in [1.29, 1.82) is 0 Å². The number of nitrogens with zero attached hydrogens (tertiary/aromatic N) is 2. The summed E-state index contributed by atoms with van der Waals surface area (Å²) in [5.74, 6) is 1.15. The molecule has 6 heteroatoms. The van der Waals surface area contributed by atoms with Gasteiger partial charge < -0.3 is 14.6 Å². The number of hydrogen-bond acceptors (Lipinski definition) is 5. The number of amides is 1. The minimum Gasteiger partial charge on any atom is -0.485 e. The van der Waals surface area contributed by atoms with Crippen LogP contribution in [0.4, 0.5) is 5.69 Å². The van der Waals surface area contributed by atoms with Crippen molar-refractivity contribution in [1.82, 2.24) is 10.1 Å². The standard InChI is InChI=1S/C21H23N3O3/c1-3-4-7-16-10-12-17(13-11-16)23-21(25)18-8-5-6-9-19(18)26-14-20-22-15(2)27-24-20/h5-6,8-13H,3-4,7,14H2,1-2H3,(H,23,25). The molecule has 3 rings (SSSR count). The molecule has 27 heavy (non-hydrogen) atoms. The van der Waals surface area contributed by atoms with E-state index in [-0.39, 0.29) is 12.5 Å². The lowest BCUT2D eigenvalue weighted by atomic mass is 10.1. The minimum atomic E-state index is -0.226. The van der Waals surface area contributed by atoms with E-state index in [2.05, 4.69) is 22.4 Å². The lowest BCUT2D eigenvalue weighted by Gasteiger charge is -2.11. The lowest BCUT2D eigenvalue weighted by Crippen LogP contribution is -2.13. The molecule has 0 aliphatic carbocycles. The van der Waals surface area contributed by atoms with Crippen LogP contribution >= 0.6 is 0 Å². The van der Waals surface area contributed by atoms with Gasteiger partial charge in [-0.25, -0.2) is 0 Å². The molecular weight excluding hydrogens is 342 g/mol. The number of carbonyl (C=O) groups is 1. The summed E-state index contributed by atoms with van der Waals surface area (Å²) in [5, 5.41) is 6.71. The van der Waals surface area contributed by atoms with Crippen molar-refractivity contribution in [3.05, 3.63) is 71.4 Å². The number of ether oxygens (including phenoxy) is 1. The van der Waals surface area contributed by atoms with Gasteiger partial charge in [-0.15, -0.1) is 0 Å². The fourth-order valence-electron chi connectivity index (χ4n) is 2.66. The van der Waals surface area contributed by atoms with Gasteiger partial charge in [0, 0.05) is 12.6 Å². The first kappa shape index (κ1) is 18.6. The number of aromatic nitrogens is 2. The molecule has 0 atom stereocenters.